The van der Waals surface area contributed by atoms with Gasteiger partial charge in [0, 0.05) is 12.8 Å². The quantitative estimate of drug-likeness (QED) is 0.505. The average Bonchev–Trinajstić information content (AvgIpc) is 2.25. The summed E-state index contributed by atoms with van der Waals surface area (Å²) in [4.78, 5) is 34.9. The highest BCUT2D eigenvalue weighted by atomic mass is 16.5. The zero-order valence-corrected chi connectivity index (χ0v) is 9.80. The van der Waals surface area contributed by atoms with Crippen LogP contribution in [-0.4, -0.2) is 23.6 Å². The Balaban J connectivity index is 2.34. The summed E-state index contributed by atoms with van der Waals surface area (Å²) in [5, 5.41) is 0. The maximum Gasteiger partial charge on any atom is 0.303 e. The molecule has 0 fully saturated rings. The number of ether oxygens (including phenoxy) is 1. The molecule has 0 saturated heterocycles. The minimum atomic E-state index is -0.605. The first-order chi connectivity index (χ1) is 8.00. The van der Waals surface area contributed by atoms with Crippen LogP contribution in [0.3, 0.4) is 0 Å². The molecule has 4 heteroatoms. The topological polar surface area (TPSA) is 60.4 Å². The predicted octanol–water partition coefficient (Wildman–Crippen LogP) is 1.21. The second-order valence-electron chi connectivity index (χ2n) is 4.46. The van der Waals surface area contributed by atoms with Crippen LogP contribution in [0.2, 0.25) is 0 Å². The molecule has 0 amide bonds. The average molecular weight is 234 g/mol. The van der Waals surface area contributed by atoms with Crippen molar-refractivity contribution in [2.24, 2.45) is 11.8 Å². The van der Waals surface area contributed by atoms with Crippen molar-refractivity contribution in [3.63, 3.8) is 0 Å². The lowest BCUT2D eigenvalue weighted by molar-refractivity contribution is -0.151. The van der Waals surface area contributed by atoms with E-state index in [0.29, 0.717) is 12.0 Å². The highest BCUT2D eigenvalue weighted by Crippen LogP contribution is 2.34. The van der Waals surface area contributed by atoms with Crippen LogP contribution in [-0.2, 0) is 19.1 Å². The van der Waals surface area contributed by atoms with Crippen LogP contribution < -0.4 is 0 Å². The summed E-state index contributed by atoms with van der Waals surface area (Å²) in [6.45, 7) is 2.93. The summed E-state index contributed by atoms with van der Waals surface area (Å²) in [6, 6.07) is 0. The fourth-order valence-electron chi connectivity index (χ4n) is 2.44. The predicted molar refractivity (Wildman–Crippen MR) is 60.1 cm³/mol. The maximum atomic E-state index is 12.1. The van der Waals surface area contributed by atoms with E-state index in [1.165, 1.54) is 13.0 Å². The van der Waals surface area contributed by atoms with Crippen LogP contribution in [0.1, 0.15) is 20.3 Å². The SMILES string of the molecule is CC(=O)OC1C=CCC2C(=O)C=C(C)C(=O)C12. The van der Waals surface area contributed by atoms with E-state index in [2.05, 4.69) is 0 Å². The number of esters is 1. The van der Waals surface area contributed by atoms with Gasteiger partial charge in [-0.05, 0) is 31.1 Å². The highest BCUT2D eigenvalue weighted by Gasteiger charge is 2.43. The smallest absolute Gasteiger partial charge is 0.303 e. The minimum Gasteiger partial charge on any atom is -0.458 e. The molecule has 2 aliphatic carbocycles. The Morgan fingerprint density at radius 3 is 2.76 bits per heavy atom. The minimum absolute atomic E-state index is 0.0476. The van der Waals surface area contributed by atoms with E-state index >= 15 is 0 Å². The van der Waals surface area contributed by atoms with Crippen molar-refractivity contribution in [1.29, 1.82) is 0 Å². The third kappa shape index (κ3) is 2.07. The molecular weight excluding hydrogens is 220 g/mol. The van der Waals surface area contributed by atoms with Gasteiger partial charge in [-0.2, -0.15) is 0 Å². The van der Waals surface area contributed by atoms with Crippen molar-refractivity contribution in [1.82, 2.24) is 0 Å². The van der Waals surface area contributed by atoms with Crippen LogP contribution in [0.5, 0.6) is 0 Å². The van der Waals surface area contributed by atoms with Gasteiger partial charge < -0.3 is 4.74 Å². The normalized spacial score (nSPS) is 31.9. The van der Waals surface area contributed by atoms with E-state index in [1.807, 2.05) is 0 Å². The second-order valence-corrected chi connectivity index (χ2v) is 4.46. The van der Waals surface area contributed by atoms with Gasteiger partial charge in [0.15, 0.2) is 11.6 Å². The molecule has 3 atom stereocenters. The fourth-order valence-corrected chi connectivity index (χ4v) is 2.44. The highest BCUT2D eigenvalue weighted by molar-refractivity contribution is 6.11. The largest absolute Gasteiger partial charge is 0.458 e. The van der Waals surface area contributed by atoms with Gasteiger partial charge >= 0.3 is 5.97 Å². The summed E-state index contributed by atoms with van der Waals surface area (Å²) < 4.78 is 5.10. The molecule has 0 bridgehead atoms. The molecule has 0 aromatic rings. The van der Waals surface area contributed by atoms with Gasteiger partial charge in [0.25, 0.3) is 0 Å². The van der Waals surface area contributed by atoms with Crippen LogP contribution in [0.4, 0.5) is 0 Å². The molecule has 0 N–H and O–H groups in total. The fraction of sp³-hybridized carbons (Fsp3) is 0.462. The molecule has 4 nitrogen and oxygen atoms in total. The first-order valence-corrected chi connectivity index (χ1v) is 5.61. The monoisotopic (exact) mass is 234 g/mol. The summed E-state index contributed by atoms with van der Waals surface area (Å²) >= 11 is 0. The Labute approximate surface area is 99.3 Å². The number of rotatable bonds is 1. The van der Waals surface area contributed by atoms with Gasteiger partial charge in [0.1, 0.15) is 6.10 Å². The summed E-state index contributed by atoms with van der Waals surface area (Å²) in [5.74, 6) is -1.49. The molecule has 0 aromatic carbocycles. The zero-order valence-electron chi connectivity index (χ0n) is 9.80. The van der Waals surface area contributed by atoms with Gasteiger partial charge in [-0.25, -0.2) is 0 Å². The molecule has 90 valence electrons. The van der Waals surface area contributed by atoms with Crippen molar-refractivity contribution < 1.29 is 19.1 Å². The van der Waals surface area contributed by atoms with Crippen LogP contribution in [0.25, 0.3) is 0 Å². The number of hydrogen-bond acceptors (Lipinski definition) is 4. The van der Waals surface area contributed by atoms with Crippen molar-refractivity contribution in [3.8, 4) is 0 Å². The van der Waals surface area contributed by atoms with Crippen LogP contribution in [0, 0.1) is 11.8 Å². The molecule has 2 aliphatic rings. The number of hydrogen-bond donors (Lipinski definition) is 0. The van der Waals surface area contributed by atoms with Gasteiger partial charge in [0.2, 0.25) is 0 Å². The lowest BCUT2D eigenvalue weighted by Gasteiger charge is -2.34. The second kappa shape index (κ2) is 4.28. The zero-order chi connectivity index (χ0) is 12.6. The molecule has 2 rings (SSSR count). The van der Waals surface area contributed by atoms with Gasteiger partial charge in [-0.3, -0.25) is 14.4 Å². The number of Topliss-reactive ketones (excluding diaryl/α,β-unsaturated/α-hetero) is 1. The number of allylic oxidation sites excluding steroid dienone is 3. The molecular formula is C13H14O4. The lowest BCUT2D eigenvalue weighted by atomic mass is 9.71. The lowest BCUT2D eigenvalue weighted by Crippen LogP contribution is -2.44. The van der Waals surface area contributed by atoms with E-state index in [0.717, 1.165) is 0 Å². The number of fused-ring (bicyclic) bond motifs is 1. The Bertz CT molecular complexity index is 444. The molecule has 0 heterocycles. The van der Waals surface area contributed by atoms with E-state index in [4.69, 9.17) is 4.74 Å². The number of carbonyl (C=O) groups excluding carboxylic acids is 3. The third-order valence-corrected chi connectivity index (χ3v) is 3.22. The molecule has 3 unspecified atom stereocenters. The number of carbonyl (C=O) groups is 3. The van der Waals surface area contributed by atoms with Crippen LogP contribution in [0.15, 0.2) is 23.8 Å². The van der Waals surface area contributed by atoms with E-state index < -0.39 is 18.0 Å². The number of ketones is 2. The molecule has 0 aliphatic heterocycles. The van der Waals surface area contributed by atoms with Crippen molar-refractivity contribution in [2.75, 3.05) is 0 Å². The molecule has 0 saturated carbocycles. The Kier molecular flexibility index (Phi) is 2.96. The first kappa shape index (κ1) is 11.8. The molecule has 17 heavy (non-hydrogen) atoms. The Morgan fingerprint density at radius 1 is 1.41 bits per heavy atom. The third-order valence-electron chi connectivity index (χ3n) is 3.22. The maximum absolute atomic E-state index is 12.1. The van der Waals surface area contributed by atoms with Gasteiger partial charge in [-0.15, -0.1) is 0 Å². The van der Waals surface area contributed by atoms with Gasteiger partial charge in [-0.1, -0.05) is 6.08 Å². The summed E-state index contributed by atoms with van der Waals surface area (Å²) in [7, 11) is 0. The van der Waals surface area contributed by atoms with Crippen molar-refractivity contribution in [2.45, 2.75) is 26.4 Å². The van der Waals surface area contributed by atoms with Crippen molar-refractivity contribution in [3.05, 3.63) is 23.8 Å². The molecule has 0 spiro atoms. The van der Waals surface area contributed by atoms with E-state index in [-0.39, 0.29) is 17.5 Å². The van der Waals surface area contributed by atoms with E-state index in [1.54, 1.807) is 19.1 Å². The summed E-state index contributed by atoms with van der Waals surface area (Å²) in [6.07, 6.45) is 4.83. The molecule has 0 radical (unpaired) electrons. The van der Waals surface area contributed by atoms with Crippen molar-refractivity contribution >= 4 is 17.5 Å². The van der Waals surface area contributed by atoms with Crippen LogP contribution >= 0.6 is 0 Å². The first-order valence-electron chi connectivity index (χ1n) is 5.61. The Morgan fingerprint density at radius 2 is 2.12 bits per heavy atom. The van der Waals surface area contributed by atoms with E-state index in [9.17, 15) is 14.4 Å². The van der Waals surface area contributed by atoms with Gasteiger partial charge in [0.05, 0.1) is 5.92 Å². The molecule has 0 aromatic heterocycles. The summed E-state index contributed by atoms with van der Waals surface area (Å²) in [5.41, 5.74) is 0.448. The Hall–Kier alpha value is -1.71. The standard InChI is InChI=1S/C13H14O4/c1-7-6-10(15)9-4-3-5-11(17-8(2)14)12(9)13(7)16/h3,5-6,9,11-12H,4H2,1-2H3.